The Morgan fingerprint density at radius 1 is 1.10 bits per heavy atom. The standard InChI is InChI=1S/C19H35N/c1-5-6-20-17(7-14(2)3)19-11-15-8-16(12-19)10-18(4,9-15)13-19/h14-17,20H,5-13H2,1-4H3. The molecule has 4 saturated carbocycles. The molecule has 0 aromatic heterocycles. The van der Waals surface area contributed by atoms with Crippen LogP contribution in [0.25, 0.3) is 0 Å². The first-order valence-electron chi connectivity index (χ1n) is 9.18. The Morgan fingerprint density at radius 2 is 1.75 bits per heavy atom. The summed E-state index contributed by atoms with van der Waals surface area (Å²) < 4.78 is 0. The van der Waals surface area contributed by atoms with E-state index >= 15 is 0 Å². The normalized spacial score (nSPS) is 44.2. The fourth-order valence-corrected chi connectivity index (χ4v) is 6.55. The second-order valence-electron chi connectivity index (χ2n) is 9.27. The van der Waals surface area contributed by atoms with Gasteiger partial charge >= 0.3 is 0 Å². The Bertz CT molecular complexity index is 332. The molecule has 0 radical (unpaired) electrons. The van der Waals surface area contributed by atoms with Crippen LogP contribution in [0.1, 0.15) is 79.1 Å². The maximum Gasteiger partial charge on any atom is 0.0126 e. The van der Waals surface area contributed by atoms with E-state index in [0.29, 0.717) is 10.8 Å². The summed E-state index contributed by atoms with van der Waals surface area (Å²) in [5, 5.41) is 3.97. The lowest BCUT2D eigenvalue weighted by atomic mass is 9.43. The van der Waals surface area contributed by atoms with Gasteiger partial charge in [0.15, 0.2) is 0 Å². The van der Waals surface area contributed by atoms with Gasteiger partial charge in [-0.3, -0.25) is 0 Å². The summed E-state index contributed by atoms with van der Waals surface area (Å²) in [5.74, 6) is 2.93. The van der Waals surface area contributed by atoms with Gasteiger partial charge in [-0.1, -0.05) is 27.7 Å². The topological polar surface area (TPSA) is 12.0 Å². The van der Waals surface area contributed by atoms with Gasteiger partial charge in [-0.15, -0.1) is 0 Å². The van der Waals surface area contributed by atoms with Crippen molar-refractivity contribution in [3.63, 3.8) is 0 Å². The van der Waals surface area contributed by atoms with Crippen molar-refractivity contribution in [3.05, 3.63) is 0 Å². The molecular weight excluding hydrogens is 242 g/mol. The molecule has 4 aliphatic rings. The largest absolute Gasteiger partial charge is 0.313 e. The van der Waals surface area contributed by atoms with Crippen LogP contribution >= 0.6 is 0 Å². The first-order chi connectivity index (χ1) is 9.45. The molecule has 1 heteroatoms. The van der Waals surface area contributed by atoms with Crippen LogP contribution in [0.5, 0.6) is 0 Å². The van der Waals surface area contributed by atoms with E-state index in [9.17, 15) is 0 Å². The van der Waals surface area contributed by atoms with Crippen LogP contribution in [-0.2, 0) is 0 Å². The maximum atomic E-state index is 3.97. The fourth-order valence-electron chi connectivity index (χ4n) is 6.55. The second kappa shape index (κ2) is 5.30. The Balaban J connectivity index is 1.81. The van der Waals surface area contributed by atoms with Crippen molar-refractivity contribution in [2.24, 2.45) is 28.6 Å². The number of hydrogen-bond acceptors (Lipinski definition) is 1. The van der Waals surface area contributed by atoms with E-state index in [1.807, 2.05) is 0 Å². The zero-order valence-corrected chi connectivity index (χ0v) is 14.2. The molecule has 0 amide bonds. The molecular formula is C19H35N. The number of rotatable bonds is 6. The summed E-state index contributed by atoms with van der Waals surface area (Å²) in [5.41, 5.74) is 1.34. The van der Waals surface area contributed by atoms with Gasteiger partial charge in [0.2, 0.25) is 0 Å². The highest BCUT2D eigenvalue weighted by atomic mass is 14.9. The van der Waals surface area contributed by atoms with Gasteiger partial charge in [0, 0.05) is 6.04 Å². The van der Waals surface area contributed by atoms with Crippen molar-refractivity contribution in [1.82, 2.24) is 5.32 Å². The molecule has 1 nitrogen and oxygen atoms in total. The highest BCUT2D eigenvalue weighted by Crippen LogP contribution is 2.66. The fraction of sp³-hybridized carbons (Fsp3) is 1.00. The summed E-state index contributed by atoms with van der Waals surface area (Å²) in [7, 11) is 0. The minimum absolute atomic E-state index is 0.651. The molecule has 20 heavy (non-hydrogen) atoms. The first-order valence-corrected chi connectivity index (χ1v) is 9.18. The second-order valence-corrected chi connectivity index (χ2v) is 9.27. The molecule has 4 fully saturated rings. The van der Waals surface area contributed by atoms with Gasteiger partial charge in [0.05, 0.1) is 0 Å². The zero-order valence-electron chi connectivity index (χ0n) is 14.2. The Labute approximate surface area is 126 Å². The minimum Gasteiger partial charge on any atom is -0.313 e. The third kappa shape index (κ3) is 2.67. The molecule has 0 heterocycles. The molecule has 4 rings (SSSR count). The van der Waals surface area contributed by atoms with Gasteiger partial charge in [-0.05, 0) is 86.5 Å². The third-order valence-corrected chi connectivity index (χ3v) is 6.49. The van der Waals surface area contributed by atoms with E-state index in [2.05, 4.69) is 33.0 Å². The van der Waals surface area contributed by atoms with Crippen LogP contribution in [0, 0.1) is 28.6 Å². The number of nitrogens with one attached hydrogen (secondary N) is 1. The van der Waals surface area contributed by atoms with Crippen LogP contribution in [0.15, 0.2) is 0 Å². The SMILES string of the molecule is CCCNC(CC(C)C)C12CC3CC(CC(C)(C3)C1)C2. The molecule has 4 aliphatic carbocycles. The van der Waals surface area contributed by atoms with Crippen molar-refractivity contribution < 1.29 is 0 Å². The van der Waals surface area contributed by atoms with Crippen LogP contribution in [0.4, 0.5) is 0 Å². The molecule has 3 unspecified atom stereocenters. The van der Waals surface area contributed by atoms with E-state index in [1.54, 1.807) is 6.42 Å². The molecule has 0 aliphatic heterocycles. The summed E-state index contributed by atoms with van der Waals surface area (Å²) in [6.45, 7) is 10.9. The van der Waals surface area contributed by atoms with E-state index in [-0.39, 0.29) is 0 Å². The van der Waals surface area contributed by atoms with E-state index in [0.717, 1.165) is 23.8 Å². The average molecular weight is 277 g/mol. The highest BCUT2D eigenvalue weighted by molar-refractivity contribution is 5.10. The Kier molecular flexibility index (Phi) is 3.95. The predicted molar refractivity (Wildman–Crippen MR) is 86.8 cm³/mol. The van der Waals surface area contributed by atoms with Crippen molar-refractivity contribution in [2.75, 3.05) is 6.54 Å². The van der Waals surface area contributed by atoms with E-state index in [4.69, 9.17) is 0 Å². The molecule has 0 aromatic carbocycles. The molecule has 0 spiro atoms. The van der Waals surface area contributed by atoms with Crippen LogP contribution in [0.3, 0.4) is 0 Å². The smallest absolute Gasteiger partial charge is 0.0126 e. The van der Waals surface area contributed by atoms with Crippen LogP contribution < -0.4 is 5.32 Å². The number of hydrogen-bond donors (Lipinski definition) is 1. The summed E-state index contributed by atoms with van der Waals surface area (Å²) >= 11 is 0. The lowest BCUT2D eigenvalue weighted by Crippen LogP contribution is -2.59. The Morgan fingerprint density at radius 3 is 2.25 bits per heavy atom. The zero-order chi connectivity index (χ0) is 14.4. The monoisotopic (exact) mass is 277 g/mol. The molecule has 0 aromatic rings. The maximum absolute atomic E-state index is 3.97. The van der Waals surface area contributed by atoms with Gasteiger partial charge < -0.3 is 5.32 Å². The van der Waals surface area contributed by atoms with Gasteiger partial charge in [-0.25, -0.2) is 0 Å². The molecule has 3 atom stereocenters. The van der Waals surface area contributed by atoms with Crippen LogP contribution in [0.2, 0.25) is 0 Å². The summed E-state index contributed by atoms with van der Waals surface area (Å²) in [6, 6.07) is 0.785. The lowest BCUT2D eigenvalue weighted by molar-refractivity contribution is -0.120. The van der Waals surface area contributed by atoms with Gasteiger partial charge in [0.25, 0.3) is 0 Å². The van der Waals surface area contributed by atoms with E-state index in [1.165, 1.54) is 51.5 Å². The molecule has 0 saturated heterocycles. The van der Waals surface area contributed by atoms with E-state index < -0.39 is 0 Å². The Hall–Kier alpha value is -0.0400. The molecule has 1 N–H and O–H groups in total. The van der Waals surface area contributed by atoms with Crippen molar-refractivity contribution in [2.45, 2.75) is 85.1 Å². The van der Waals surface area contributed by atoms with Crippen LogP contribution in [-0.4, -0.2) is 12.6 Å². The quantitative estimate of drug-likeness (QED) is 0.720. The minimum atomic E-state index is 0.651. The first kappa shape index (κ1) is 14.9. The summed E-state index contributed by atoms with van der Waals surface area (Å²) in [6.07, 6.45) is 11.9. The molecule has 4 bridgehead atoms. The van der Waals surface area contributed by atoms with Gasteiger partial charge in [0.1, 0.15) is 0 Å². The predicted octanol–water partition coefficient (Wildman–Crippen LogP) is 5.01. The third-order valence-electron chi connectivity index (χ3n) is 6.49. The van der Waals surface area contributed by atoms with Crippen molar-refractivity contribution in [1.29, 1.82) is 0 Å². The summed E-state index contributed by atoms with van der Waals surface area (Å²) in [4.78, 5) is 0. The van der Waals surface area contributed by atoms with Gasteiger partial charge in [-0.2, -0.15) is 0 Å². The average Bonchev–Trinajstić information content (AvgIpc) is 2.30. The molecule has 116 valence electrons. The lowest BCUT2D eigenvalue weighted by Gasteiger charge is -2.64. The highest BCUT2D eigenvalue weighted by Gasteiger charge is 2.58. The van der Waals surface area contributed by atoms with Crippen molar-refractivity contribution in [3.8, 4) is 0 Å². The van der Waals surface area contributed by atoms with Crippen molar-refractivity contribution >= 4 is 0 Å².